The molecule has 0 atom stereocenters. The Bertz CT molecular complexity index is 2100. The van der Waals surface area contributed by atoms with E-state index >= 15 is 0 Å². The van der Waals surface area contributed by atoms with Gasteiger partial charge >= 0.3 is 35.7 Å². The number of alkyl halides is 3. The van der Waals surface area contributed by atoms with Crippen LogP contribution in [0.3, 0.4) is 0 Å². The zero-order valence-corrected chi connectivity index (χ0v) is 33.4. The standard InChI is InChI=1S/C33H38ClF3N4O8S2.Na/c1-5-23(10-13-31-38(3)27-12-9-24(22-49-48-4)19-28(27)40(31)15-7-17-50(42,43)44)11-14-32-39(6-2)30-21-26(34)25(33(35,36)37)20-29(30)41(32)16-8-18-51(45,46)47;/h6,9-14,19-21H,2,5,7-8,15-18,22H2,1,3-4H3,(H-,42,43,44,45,46,47);/q;+1/p-1. The van der Waals surface area contributed by atoms with Crippen molar-refractivity contribution in [1.82, 2.24) is 4.57 Å². The maximum absolute atomic E-state index is 13.8. The first kappa shape index (κ1) is 43.7. The zero-order chi connectivity index (χ0) is 37.7. The summed E-state index contributed by atoms with van der Waals surface area (Å²) in [5.41, 5.74) is 2.47. The van der Waals surface area contributed by atoms with Gasteiger partial charge in [-0.15, -0.1) is 0 Å². The molecule has 52 heavy (non-hydrogen) atoms. The van der Waals surface area contributed by atoms with E-state index in [9.17, 15) is 39.1 Å². The molecule has 0 bridgehead atoms. The van der Waals surface area contributed by atoms with E-state index in [0.717, 1.165) is 34.3 Å². The normalized spacial score (nSPS) is 14.9. The van der Waals surface area contributed by atoms with Crippen LogP contribution < -0.4 is 43.9 Å². The molecule has 0 radical (unpaired) electrons. The van der Waals surface area contributed by atoms with Crippen molar-refractivity contribution < 1.29 is 83.0 Å². The molecule has 1 aliphatic heterocycles. The quantitative estimate of drug-likeness (QED) is 0.0530. The fourth-order valence-corrected chi connectivity index (χ4v) is 6.99. The number of benzene rings is 2. The number of nitrogens with zero attached hydrogens (tertiary/aromatic N) is 4. The molecule has 0 N–H and O–H groups in total. The Morgan fingerprint density at radius 1 is 1.04 bits per heavy atom. The zero-order valence-electron chi connectivity index (χ0n) is 29.0. The van der Waals surface area contributed by atoms with E-state index in [1.807, 2.05) is 53.5 Å². The number of anilines is 2. The summed E-state index contributed by atoms with van der Waals surface area (Å²) in [6.45, 7) is 5.98. The first-order chi connectivity index (χ1) is 23.9. The van der Waals surface area contributed by atoms with Gasteiger partial charge in [-0.25, -0.2) is 35.7 Å². The summed E-state index contributed by atoms with van der Waals surface area (Å²) in [4.78, 5) is 12.8. The molecule has 0 saturated carbocycles. The van der Waals surface area contributed by atoms with Crippen molar-refractivity contribution in [2.75, 3.05) is 35.0 Å². The van der Waals surface area contributed by atoms with E-state index in [1.165, 1.54) is 23.1 Å². The maximum atomic E-state index is 13.8. The molecule has 4 rings (SSSR count). The minimum atomic E-state index is -4.76. The largest absolute Gasteiger partial charge is 1.00 e. The third kappa shape index (κ3) is 10.9. The van der Waals surface area contributed by atoms with Gasteiger partial charge in [-0.3, -0.25) is 0 Å². The van der Waals surface area contributed by atoms with Crippen LogP contribution in [0.15, 0.2) is 72.7 Å². The predicted molar refractivity (Wildman–Crippen MR) is 185 cm³/mol. The number of fused-ring (bicyclic) bond motifs is 2. The van der Waals surface area contributed by atoms with Gasteiger partial charge in [0.15, 0.2) is 11.0 Å². The van der Waals surface area contributed by atoms with Crippen LogP contribution in [0.25, 0.3) is 17.1 Å². The van der Waals surface area contributed by atoms with Crippen molar-refractivity contribution >= 4 is 60.3 Å². The second-order valence-corrected chi connectivity index (χ2v) is 15.0. The number of imidazole rings is 1. The predicted octanol–water partition coefficient (Wildman–Crippen LogP) is 2.75. The van der Waals surface area contributed by atoms with Gasteiger partial charge in [0.1, 0.15) is 12.4 Å². The molecule has 19 heteroatoms. The van der Waals surface area contributed by atoms with E-state index in [1.54, 1.807) is 12.2 Å². The van der Waals surface area contributed by atoms with Gasteiger partial charge in [-0.2, -0.15) is 13.2 Å². The van der Waals surface area contributed by atoms with Crippen molar-refractivity contribution in [2.24, 2.45) is 7.05 Å². The van der Waals surface area contributed by atoms with Crippen LogP contribution in [-0.4, -0.2) is 55.7 Å². The van der Waals surface area contributed by atoms with Gasteiger partial charge in [0.05, 0.1) is 62.9 Å². The Morgan fingerprint density at radius 2 is 1.69 bits per heavy atom. The van der Waals surface area contributed by atoms with E-state index in [0.29, 0.717) is 18.1 Å². The van der Waals surface area contributed by atoms with Gasteiger partial charge in [-0.05, 0) is 60.7 Å². The molecule has 0 amide bonds. The second-order valence-electron chi connectivity index (χ2n) is 11.5. The van der Waals surface area contributed by atoms with Crippen molar-refractivity contribution in [1.29, 1.82) is 0 Å². The molecule has 1 aliphatic rings. The van der Waals surface area contributed by atoms with Crippen molar-refractivity contribution in [3.05, 3.63) is 94.7 Å². The smallest absolute Gasteiger partial charge is 0.748 e. The van der Waals surface area contributed by atoms with Crippen molar-refractivity contribution in [3.63, 3.8) is 0 Å². The number of hydrogen-bond donors (Lipinski definition) is 0. The Labute approximate surface area is 328 Å². The summed E-state index contributed by atoms with van der Waals surface area (Å²) in [7, 11) is -5.79. The maximum Gasteiger partial charge on any atom is 1.00 e. The number of allylic oxidation sites excluding steroid dienone is 4. The second kappa shape index (κ2) is 18.1. The molecular formula is C33H37ClF3N4NaO8S2. The van der Waals surface area contributed by atoms with Crippen molar-refractivity contribution in [2.45, 2.75) is 45.5 Å². The van der Waals surface area contributed by atoms with Crippen LogP contribution in [0.2, 0.25) is 5.02 Å². The summed E-state index contributed by atoms with van der Waals surface area (Å²) in [6, 6.07) is 7.66. The summed E-state index contributed by atoms with van der Waals surface area (Å²) in [6.07, 6.45) is 4.10. The average molecular weight is 797 g/mol. The first-order valence-corrected chi connectivity index (χ1v) is 19.1. The Balaban J connectivity index is 0.00000729. The van der Waals surface area contributed by atoms with Crippen LogP contribution in [-0.2, 0) is 56.4 Å². The summed E-state index contributed by atoms with van der Waals surface area (Å²) in [5, 5.41) is -0.529. The number of hydrogen-bond acceptors (Lipinski definition) is 10. The van der Waals surface area contributed by atoms with E-state index < -0.39 is 48.5 Å². The number of aromatic nitrogens is 2. The average Bonchev–Trinajstić information content (AvgIpc) is 3.47. The molecule has 0 saturated heterocycles. The Morgan fingerprint density at radius 3 is 2.27 bits per heavy atom. The molecule has 278 valence electrons. The molecule has 1 aromatic heterocycles. The molecule has 0 spiro atoms. The number of halogens is 4. The molecule has 2 aromatic carbocycles. The summed E-state index contributed by atoms with van der Waals surface area (Å²) >= 11 is 6.04. The van der Waals surface area contributed by atoms with E-state index in [4.69, 9.17) is 21.4 Å². The van der Waals surface area contributed by atoms with Crippen molar-refractivity contribution in [3.8, 4) is 0 Å². The summed E-state index contributed by atoms with van der Waals surface area (Å²) in [5.74, 6) is -0.233. The summed E-state index contributed by atoms with van der Waals surface area (Å²) < 4.78 is 113. The monoisotopic (exact) mass is 796 g/mol. The Hall–Kier alpha value is -2.71. The molecule has 0 fully saturated rings. The van der Waals surface area contributed by atoms with Crippen LogP contribution in [0.4, 0.5) is 24.5 Å². The topological polar surface area (TPSA) is 148 Å². The molecule has 3 aromatic rings. The van der Waals surface area contributed by atoms with Gasteiger partial charge in [0.2, 0.25) is 0 Å². The van der Waals surface area contributed by atoms with Crippen LogP contribution >= 0.6 is 11.6 Å². The third-order valence-corrected chi connectivity index (χ3v) is 10.0. The van der Waals surface area contributed by atoms with E-state index in [-0.39, 0.29) is 73.5 Å². The minimum absolute atomic E-state index is 0. The van der Waals surface area contributed by atoms with Gasteiger partial charge in [0.25, 0.3) is 5.82 Å². The van der Waals surface area contributed by atoms with Crippen LogP contribution in [0, 0.1) is 0 Å². The fraction of sp³-hybridized carbons (Fsp3) is 0.364. The number of rotatable bonds is 16. The Kier molecular flexibility index (Phi) is 15.2. The van der Waals surface area contributed by atoms with Gasteiger partial charge in [-0.1, -0.05) is 43.3 Å². The molecule has 0 unspecified atom stereocenters. The molecular weight excluding hydrogens is 760 g/mol. The number of aryl methyl sites for hydroxylation is 2. The first-order valence-electron chi connectivity index (χ1n) is 15.6. The molecule has 0 aliphatic carbocycles. The van der Waals surface area contributed by atoms with E-state index in [2.05, 4.69) is 6.58 Å². The van der Waals surface area contributed by atoms with Crippen LogP contribution in [0.5, 0.6) is 0 Å². The third-order valence-electron chi connectivity index (χ3n) is 8.13. The minimum Gasteiger partial charge on any atom is -0.748 e. The fourth-order valence-electron chi connectivity index (χ4n) is 5.76. The van der Waals surface area contributed by atoms with Gasteiger partial charge in [0, 0.05) is 30.3 Å². The van der Waals surface area contributed by atoms with Crippen LogP contribution in [0.1, 0.15) is 43.1 Å². The molecule has 2 heterocycles. The van der Waals surface area contributed by atoms with Gasteiger partial charge < -0.3 is 18.9 Å². The molecule has 12 nitrogen and oxygen atoms in total. The SMILES string of the molecule is C=CN1\C(=C/C=C(\C=C\c2n(CCCS(=O)(=O)[O-])c3cc(COOC)ccc3[n+]2C)CC)N(CCCS(=O)(=O)[O-])c2cc(C(F)(F)F)c(Cl)cc21.[Na+].